The summed E-state index contributed by atoms with van der Waals surface area (Å²) in [6.45, 7) is 6.13. The van der Waals surface area contributed by atoms with Crippen molar-refractivity contribution in [1.29, 1.82) is 0 Å². The molecule has 2 N–H and O–H groups in total. The zero-order chi connectivity index (χ0) is 15.3. The monoisotopic (exact) mass is 291 g/mol. The van der Waals surface area contributed by atoms with E-state index in [1.54, 1.807) is 6.33 Å². The number of aromatic nitrogens is 2. The van der Waals surface area contributed by atoms with E-state index in [0.717, 1.165) is 36.7 Å². The zero-order valence-corrected chi connectivity index (χ0v) is 13.9. The molecule has 0 unspecified atom stereocenters. The number of nitrogens with zero attached hydrogens (tertiary/aromatic N) is 3. The molecule has 1 heterocycles. The van der Waals surface area contributed by atoms with Crippen molar-refractivity contribution >= 4 is 11.6 Å². The molecule has 21 heavy (non-hydrogen) atoms. The van der Waals surface area contributed by atoms with Crippen LogP contribution in [0.5, 0.6) is 0 Å². The zero-order valence-electron chi connectivity index (χ0n) is 13.9. The van der Waals surface area contributed by atoms with Gasteiger partial charge in [0, 0.05) is 24.2 Å². The maximum Gasteiger partial charge on any atom is 0.134 e. The predicted molar refractivity (Wildman–Crippen MR) is 88.9 cm³/mol. The van der Waals surface area contributed by atoms with E-state index in [1.165, 1.54) is 25.7 Å². The van der Waals surface area contributed by atoms with Crippen molar-refractivity contribution in [3.05, 3.63) is 11.9 Å². The number of hydrogen-bond acceptors (Lipinski definition) is 5. The molecule has 0 radical (unpaired) electrons. The third kappa shape index (κ3) is 3.64. The third-order valence-corrected chi connectivity index (χ3v) is 4.69. The second-order valence-corrected chi connectivity index (χ2v) is 6.30. The fourth-order valence-electron chi connectivity index (χ4n) is 3.11. The van der Waals surface area contributed by atoms with E-state index in [4.69, 9.17) is 0 Å². The average molecular weight is 291 g/mol. The fourth-order valence-corrected chi connectivity index (χ4v) is 3.11. The molecule has 0 spiro atoms. The van der Waals surface area contributed by atoms with Crippen molar-refractivity contribution in [1.82, 2.24) is 14.9 Å². The molecule has 5 nitrogen and oxygen atoms in total. The Balaban J connectivity index is 2.05. The second-order valence-electron chi connectivity index (χ2n) is 6.30. The first-order valence-electron chi connectivity index (χ1n) is 8.06. The first-order chi connectivity index (χ1) is 10.1. The first kappa shape index (κ1) is 16.0. The Kier molecular flexibility index (Phi) is 5.39. The molecule has 1 aliphatic carbocycles. The Morgan fingerprint density at radius 1 is 1.14 bits per heavy atom. The van der Waals surface area contributed by atoms with Gasteiger partial charge in [0.25, 0.3) is 0 Å². The van der Waals surface area contributed by atoms with Gasteiger partial charge in [0.2, 0.25) is 0 Å². The van der Waals surface area contributed by atoms with Gasteiger partial charge < -0.3 is 15.5 Å². The standard InChI is InChI=1S/C16H29N5/c1-5-10-17-14-13(2)15(20-12-19-14)18-11-16(21(3)4)8-6-7-9-16/h12H,5-11H2,1-4H3,(H2,17,18,19,20). The molecule has 0 aliphatic heterocycles. The van der Waals surface area contributed by atoms with Crippen LogP contribution in [0.4, 0.5) is 11.6 Å². The molecule has 1 saturated carbocycles. The van der Waals surface area contributed by atoms with Gasteiger partial charge >= 0.3 is 0 Å². The van der Waals surface area contributed by atoms with Crippen LogP contribution in [0.1, 0.15) is 44.6 Å². The van der Waals surface area contributed by atoms with Crippen LogP contribution in [-0.4, -0.2) is 47.6 Å². The second kappa shape index (κ2) is 7.07. The highest BCUT2D eigenvalue weighted by atomic mass is 15.2. The van der Waals surface area contributed by atoms with Crippen LogP contribution in [0, 0.1) is 6.92 Å². The maximum atomic E-state index is 4.42. The number of rotatable bonds is 7. The van der Waals surface area contributed by atoms with Crippen LogP contribution >= 0.6 is 0 Å². The minimum absolute atomic E-state index is 0.272. The molecule has 0 bridgehead atoms. The van der Waals surface area contributed by atoms with E-state index < -0.39 is 0 Å². The Hall–Kier alpha value is -1.36. The average Bonchev–Trinajstić information content (AvgIpc) is 2.95. The Morgan fingerprint density at radius 2 is 1.76 bits per heavy atom. The topological polar surface area (TPSA) is 53.1 Å². The van der Waals surface area contributed by atoms with Crippen LogP contribution in [0.25, 0.3) is 0 Å². The quantitative estimate of drug-likeness (QED) is 0.809. The van der Waals surface area contributed by atoms with Crippen molar-refractivity contribution in [3.63, 3.8) is 0 Å². The highest BCUT2D eigenvalue weighted by Crippen LogP contribution is 2.34. The Labute approximate surface area is 128 Å². The smallest absolute Gasteiger partial charge is 0.134 e. The fraction of sp³-hybridized carbons (Fsp3) is 0.750. The lowest BCUT2D eigenvalue weighted by atomic mass is 9.96. The molecule has 1 aliphatic rings. The van der Waals surface area contributed by atoms with Crippen LogP contribution in [-0.2, 0) is 0 Å². The normalized spacial score (nSPS) is 17.2. The third-order valence-electron chi connectivity index (χ3n) is 4.69. The lowest BCUT2D eigenvalue weighted by Crippen LogP contribution is -2.47. The number of hydrogen-bond donors (Lipinski definition) is 2. The molecule has 0 saturated heterocycles. The van der Waals surface area contributed by atoms with Crippen LogP contribution in [0.2, 0.25) is 0 Å². The summed E-state index contributed by atoms with van der Waals surface area (Å²) in [6.07, 6.45) is 7.91. The molecule has 5 heteroatoms. The summed E-state index contributed by atoms with van der Waals surface area (Å²) in [5, 5.41) is 6.92. The van der Waals surface area contributed by atoms with E-state index in [0.29, 0.717) is 0 Å². The maximum absolute atomic E-state index is 4.42. The van der Waals surface area contributed by atoms with Crippen molar-refractivity contribution in [3.8, 4) is 0 Å². The lowest BCUT2D eigenvalue weighted by Gasteiger charge is -2.36. The number of nitrogens with one attached hydrogen (secondary N) is 2. The molecule has 1 fully saturated rings. The molecule has 118 valence electrons. The molecular weight excluding hydrogens is 262 g/mol. The summed E-state index contributed by atoms with van der Waals surface area (Å²) < 4.78 is 0. The first-order valence-corrected chi connectivity index (χ1v) is 8.06. The lowest BCUT2D eigenvalue weighted by molar-refractivity contribution is 0.172. The highest BCUT2D eigenvalue weighted by molar-refractivity contribution is 5.56. The number of likely N-dealkylation sites (N-methyl/N-ethyl adjacent to an activating group) is 1. The van der Waals surface area contributed by atoms with Gasteiger partial charge in [-0.05, 0) is 40.3 Å². The molecular formula is C16H29N5. The molecule has 1 aromatic heterocycles. The molecule has 0 aromatic carbocycles. The minimum Gasteiger partial charge on any atom is -0.370 e. The number of anilines is 2. The molecule has 0 amide bonds. The van der Waals surface area contributed by atoms with Crippen molar-refractivity contribution < 1.29 is 0 Å². The minimum atomic E-state index is 0.272. The summed E-state index contributed by atoms with van der Waals surface area (Å²) in [4.78, 5) is 11.1. The van der Waals surface area contributed by atoms with Gasteiger partial charge in [-0.25, -0.2) is 9.97 Å². The van der Waals surface area contributed by atoms with E-state index >= 15 is 0 Å². The van der Waals surface area contributed by atoms with Gasteiger partial charge in [-0.3, -0.25) is 0 Å². The van der Waals surface area contributed by atoms with Gasteiger partial charge in [-0.15, -0.1) is 0 Å². The van der Waals surface area contributed by atoms with E-state index in [1.807, 2.05) is 0 Å². The van der Waals surface area contributed by atoms with Crippen molar-refractivity contribution in [2.45, 2.75) is 51.5 Å². The summed E-state index contributed by atoms with van der Waals surface area (Å²) >= 11 is 0. The van der Waals surface area contributed by atoms with Gasteiger partial charge in [-0.2, -0.15) is 0 Å². The SMILES string of the molecule is CCCNc1ncnc(NCC2(N(C)C)CCCC2)c1C. The van der Waals surface area contributed by atoms with Crippen LogP contribution in [0.15, 0.2) is 6.33 Å². The summed E-state index contributed by atoms with van der Waals surface area (Å²) in [5.41, 5.74) is 1.38. The van der Waals surface area contributed by atoms with Crippen molar-refractivity contribution in [2.75, 3.05) is 37.8 Å². The Bertz CT molecular complexity index is 452. The van der Waals surface area contributed by atoms with Gasteiger partial charge in [0.1, 0.15) is 18.0 Å². The molecule has 1 aromatic rings. The predicted octanol–water partition coefficient (Wildman–Crippen LogP) is 2.89. The summed E-state index contributed by atoms with van der Waals surface area (Å²) in [6, 6.07) is 0. The van der Waals surface area contributed by atoms with E-state index in [2.05, 4.69) is 53.4 Å². The Morgan fingerprint density at radius 3 is 2.33 bits per heavy atom. The highest BCUT2D eigenvalue weighted by Gasteiger charge is 2.35. The van der Waals surface area contributed by atoms with Gasteiger partial charge in [0.15, 0.2) is 0 Å². The van der Waals surface area contributed by atoms with Gasteiger partial charge in [-0.1, -0.05) is 19.8 Å². The van der Waals surface area contributed by atoms with Crippen LogP contribution < -0.4 is 10.6 Å². The van der Waals surface area contributed by atoms with E-state index in [9.17, 15) is 0 Å². The molecule has 0 atom stereocenters. The van der Waals surface area contributed by atoms with Gasteiger partial charge in [0.05, 0.1) is 0 Å². The van der Waals surface area contributed by atoms with E-state index in [-0.39, 0.29) is 5.54 Å². The summed E-state index contributed by atoms with van der Waals surface area (Å²) in [7, 11) is 4.38. The van der Waals surface area contributed by atoms with Crippen molar-refractivity contribution in [2.24, 2.45) is 0 Å². The summed E-state index contributed by atoms with van der Waals surface area (Å²) in [5.74, 6) is 1.90. The molecule has 2 rings (SSSR count). The largest absolute Gasteiger partial charge is 0.370 e. The van der Waals surface area contributed by atoms with Crippen LogP contribution in [0.3, 0.4) is 0 Å².